The highest BCUT2D eigenvalue weighted by atomic mass is 16.7. The minimum Gasteiger partial charge on any atom is -0.459 e. The number of ether oxygens (including phenoxy) is 2. The van der Waals surface area contributed by atoms with E-state index in [1.54, 1.807) is 24.3 Å². The molecule has 1 aliphatic rings. The Morgan fingerprint density at radius 3 is 1.81 bits per heavy atom. The molecule has 0 saturated heterocycles. The van der Waals surface area contributed by atoms with E-state index in [1.165, 1.54) is 0 Å². The third-order valence-corrected chi connectivity index (χ3v) is 5.63. The van der Waals surface area contributed by atoms with Gasteiger partial charge in [0.15, 0.2) is 0 Å². The lowest BCUT2D eigenvalue weighted by molar-refractivity contribution is -0.148. The number of esters is 1. The quantitative estimate of drug-likeness (QED) is 0.239. The zero-order valence-electron chi connectivity index (χ0n) is 20.0. The summed E-state index contributed by atoms with van der Waals surface area (Å²) in [4.78, 5) is 55.4. The van der Waals surface area contributed by atoms with Gasteiger partial charge in [-0.3, -0.25) is 14.4 Å². The van der Waals surface area contributed by atoms with Gasteiger partial charge in [0.25, 0.3) is 11.8 Å². The molecule has 37 heavy (non-hydrogen) atoms. The number of benzene rings is 3. The third kappa shape index (κ3) is 6.80. The number of fused-ring (bicyclic) bond motifs is 1. The van der Waals surface area contributed by atoms with E-state index in [2.05, 4.69) is 5.32 Å². The van der Waals surface area contributed by atoms with Crippen LogP contribution in [0.1, 0.15) is 44.7 Å². The number of alkyl carbamates (subject to hydrolysis) is 1. The zero-order valence-corrected chi connectivity index (χ0v) is 20.0. The number of hydroxylamine groups is 2. The molecular formula is C28H26N2O7. The number of carbonyl (C=O) groups is 4. The zero-order chi connectivity index (χ0) is 26.0. The Bertz CT molecular complexity index is 1210. The second-order valence-corrected chi connectivity index (χ2v) is 8.28. The fourth-order valence-corrected chi connectivity index (χ4v) is 3.71. The van der Waals surface area contributed by atoms with Gasteiger partial charge in [0.2, 0.25) is 0 Å². The monoisotopic (exact) mass is 502 g/mol. The van der Waals surface area contributed by atoms with Crippen molar-refractivity contribution < 1.29 is 33.5 Å². The SMILES string of the molecule is O=C(N[C@@H](CCCON1C(=O)c2ccccc2C1=O)C(=O)OCc1ccccc1)OCc1ccccc1. The van der Waals surface area contributed by atoms with Gasteiger partial charge in [0, 0.05) is 0 Å². The van der Waals surface area contributed by atoms with Crippen LogP contribution in [-0.2, 0) is 32.3 Å². The fraction of sp³-hybridized carbons (Fsp3) is 0.214. The Morgan fingerprint density at radius 2 is 1.24 bits per heavy atom. The molecule has 9 nitrogen and oxygen atoms in total. The van der Waals surface area contributed by atoms with Crippen molar-refractivity contribution in [1.82, 2.24) is 10.4 Å². The molecule has 190 valence electrons. The molecule has 1 heterocycles. The van der Waals surface area contributed by atoms with Crippen LogP contribution in [0.3, 0.4) is 0 Å². The van der Waals surface area contributed by atoms with Crippen LogP contribution in [0.4, 0.5) is 4.79 Å². The molecular weight excluding hydrogens is 476 g/mol. The van der Waals surface area contributed by atoms with Gasteiger partial charge in [0.1, 0.15) is 19.3 Å². The summed E-state index contributed by atoms with van der Waals surface area (Å²) in [7, 11) is 0. The average molecular weight is 503 g/mol. The van der Waals surface area contributed by atoms with E-state index in [4.69, 9.17) is 14.3 Å². The molecule has 0 aliphatic carbocycles. The summed E-state index contributed by atoms with van der Waals surface area (Å²) in [5, 5.41) is 3.26. The van der Waals surface area contributed by atoms with Gasteiger partial charge < -0.3 is 14.8 Å². The molecule has 1 atom stereocenters. The minimum absolute atomic E-state index is 0.0331. The number of hydrogen-bond acceptors (Lipinski definition) is 7. The number of imide groups is 1. The van der Waals surface area contributed by atoms with Crippen LogP contribution < -0.4 is 5.32 Å². The predicted octanol–water partition coefficient (Wildman–Crippen LogP) is 4.03. The van der Waals surface area contributed by atoms with Crippen LogP contribution in [0.25, 0.3) is 0 Å². The molecule has 0 saturated carbocycles. The second-order valence-electron chi connectivity index (χ2n) is 8.28. The second kappa shape index (κ2) is 12.5. The molecule has 3 amide bonds. The number of rotatable bonds is 11. The topological polar surface area (TPSA) is 111 Å². The summed E-state index contributed by atoms with van der Waals surface area (Å²) < 4.78 is 10.6. The van der Waals surface area contributed by atoms with E-state index < -0.39 is 29.9 Å². The molecule has 0 radical (unpaired) electrons. The Morgan fingerprint density at radius 1 is 0.730 bits per heavy atom. The van der Waals surface area contributed by atoms with E-state index in [0.717, 1.165) is 16.2 Å². The first-order chi connectivity index (χ1) is 18.0. The van der Waals surface area contributed by atoms with Crippen molar-refractivity contribution in [3.63, 3.8) is 0 Å². The number of carbonyl (C=O) groups excluding carboxylic acids is 4. The van der Waals surface area contributed by atoms with Gasteiger partial charge in [-0.25, -0.2) is 9.59 Å². The molecule has 4 rings (SSSR count). The molecule has 0 spiro atoms. The van der Waals surface area contributed by atoms with E-state index in [1.807, 2.05) is 60.7 Å². The smallest absolute Gasteiger partial charge is 0.408 e. The molecule has 0 fully saturated rings. The summed E-state index contributed by atoms with van der Waals surface area (Å²) in [5.74, 6) is -1.72. The van der Waals surface area contributed by atoms with Crippen molar-refractivity contribution >= 4 is 23.9 Å². The maximum Gasteiger partial charge on any atom is 0.408 e. The fourth-order valence-electron chi connectivity index (χ4n) is 3.71. The van der Waals surface area contributed by atoms with Crippen molar-refractivity contribution in [2.24, 2.45) is 0 Å². The van der Waals surface area contributed by atoms with Crippen molar-refractivity contribution in [3.8, 4) is 0 Å². The van der Waals surface area contributed by atoms with Gasteiger partial charge >= 0.3 is 12.1 Å². The lowest BCUT2D eigenvalue weighted by atomic mass is 10.1. The normalized spacial score (nSPS) is 13.1. The predicted molar refractivity (Wildman–Crippen MR) is 132 cm³/mol. The van der Waals surface area contributed by atoms with Crippen LogP contribution in [0, 0.1) is 0 Å². The lowest BCUT2D eigenvalue weighted by Gasteiger charge is -2.18. The number of amides is 3. The number of hydrogen-bond donors (Lipinski definition) is 1. The van der Waals surface area contributed by atoms with Crippen molar-refractivity contribution in [2.45, 2.75) is 32.1 Å². The van der Waals surface area contributed by atoms with E-state index >= 15 is 0 Å². The van der Waals surface area contributed by atoms with E-state index in [0.29, 0.717) is 0 Å². The van der Waals surface area contributed by atoms with Gasteiger partial charge in [-0.05, 0) is 36.1 Å². The number of nitrogens with zero attached hydrogens (tertiary/aromatic N) is 1. The Labute approximate surface area is 213 Å². The van der Waals surface area contributed by atoms with Gasteiger partial charge in [0.05, 0.1) is 17.7 Å². The molecule has 3 aromatic rings. The van der Waals surface area contributed by atoms with Crippen molar-refractivity contribution in [3.05, 3.63) is 107 Å². The Kier molecular flexibility index (Phi) is 8.62. The summed E-state index contributed by atoms with van der Waals surface area (Å²) >= 11 is 0. The first-order valence-corrected chi connectivity index (χ1v) is 11.8. The summed E-state index contributed by atoms with van der Waals surface area (Å²) in [5.41, 5.74) is 2.15. The molecule has 0 bridgehead atoms. The summed E-state index contributed by atoms with van der Waals surface area (Å²) in [6, 6.07) is 23.7. The highest BCUT2D eigenvalue weighted by Crippen LogP contribution is 2.22. The van der Waals surface area contributed by atoms with Gasteiger partial charge in [-0.2, -0.15) is 0 Å². The molecule has 1 N–H and O–H groups in total. The molecule has 0 aromatic heterocycles. The minimum atomic E-state index is -1.02. The van der Waals surface area contributed by atoms with Crippen LogP contribution in [0.2, 0.25) is 0 Å². The van der Waals surface area contributed by atoms with Crippen LogP contribution >= 0.6 is 0 Å². The molecule has 9 heteroatoms. The molecule has 1 aliphatic heterocycles. The van der Waals surface area contributed by atoms with Crippen molar-refractivity contribution in [1.29, 1.82) is 0 Å². The largest absolute Gasteiger partial charge is 0.459 e. The van der Waals surface area contributed by atoms with Crippen LogP contribution in [-0.4, -0.2) is 41.6 Å². The van der Waals surface area contributed by atoms with E-state index in [-0.39, 0.29) is 43.8 Å². The number of nitrogens with one attached hydrogen (secondary N) is 1. The highest BCUT2D eigenvalue weighted by molar-refractivity contribution is 6.20. The Balaban J connectivity index is 1.30. The van der Waals surface area contributed by atoms with E-state index in [9.17, 15) is 19.2 Å². The maximum atomic E-state index is 12.8. The van der Waals surface area contributed by atoms with Gasteiger partial charge in [-0.1, -0.05) is 72.8 Å². The lowest BCUT2D eigenvalue weighted by Crippen LogP contribution is -2.42. The Hall–Kier alpha value is -4.50. The highest BCUT2D eigenvalue weighted by Gasteiger charge is 2.36. The van der Waals surface area contributed by atoms with Crippen molar-refractivity contribution in [2.75, 3.05) is 6.61 Å². The summed E-state index contributed by atoms with van der Waals surface area (Å²) in [6.45, 7) is 0.0540. The standard InChI is InChI=1S/C28H26N2O7/c31-25-22-14-7-8-15-23(22)26(32)30(25)37-17-9-16-24(27(33)35-18-20-10-3-1-4-11-20)29-28(34)36-19-21-12-5-2-6-13-21/h1-8,10-15,24H,9,16-19H2,(H,29,34)/t24-/m0/s1. The maximum absolute atomic E-state index is 12.8. The van der Waals surface area contributed by atoms with Crippen LogP contribution in [0.5, 0.6) is 0 Å². The van der Waals surface area contributed by atoms with Crippen LogP contribution in [0.15, 0.2) is 84.9 Å². The third-order valence-electron chi connectivity index (χ3n) is 5.63. The summed E-state index contributed by atoms with van der Waals surface area (Å²) in [6.07, 6.45) is -0.388. The van der Waals surface area contributed by atoms with Gasteiger partial charge in [-0.15, -0.1) is 5.06 Å². The molecule has 3 aromatic carbocycles. The first-order valence-electron chi connectivity index (χ1n) is 11.8. The first kappa shape index (κ1) is 25.6. The average Bonchev–Trinajstić information content (AvgIpc) is 3.18. The molecule has 0 unspecified atom stereocenters.